The third kappa shape index (κ3) is 2.91. The maximum atomic E-state index is 12.2. The number of aromatic nitrogens is 2. The number of carbonyl (C=O) groups excluding carboxylic acids is 1. The van der Waals surface area contributed by atoms with Crippen molar-refractivity contribution < 1.29 is 9.53 Å². The second-order valence-electron chi connectivity index (χ2n) is 5.53. The molecule has 2 heterocycles. The van der Waals surface area contributed by atoms with Crippen LogP contribution in [0.15, 0.2) is 24.4 Å². The topological polar surface area (TPSA) is 68.2 Å². The van der Waals surface area contributed by atoms with Gasteiger partial charge in [-0.25, -0.2) is 0 Å². The summed E-state index contributed by atoms with van der Waals surface area (Å²) < 4.78 is 7.26. The fourth-order valence-electron chi connectivity index (χ4n) is 2.49. The molecule has 0 bridgehead atoms. The van der Waals surface area contributed by atoms with Crippen LogP contribution in [0.2, 0.25) is 0 Å². The van der Waals surface area contributed by atoms with Crippen LogP contribution < -0.4 is 10.6 Å². The number of hydrogen-bond donors (Lipinski definition) is 2. The van der Waals surface area contributed by atoms with Gasteiger partial charge in [-0.1, -0.05) is 0 Å². The second-order valence-corrected chi connectivity index (χ2v) is 5.53. The Bertz CT molecular complexity index is 644. The fraction of sp³-hybridized carbons (Fsp3) is 0.467. The van der Waals surface area contributed by atoms with Crippen LogP contribution in [0.25, 0.3) is 10.9 Å². The third-order valence-electron chi connectivity index (χ3n) is 3.59. The van der Waals surface area contributed by atoms with E-state index in [1.165, 1.54) is 0 Å². The zero-order valence-corrected chi connectivity index (χ0v) is 12.3. The minimum Gasteiger partial charge on any atom is -0.378 e. The van der Waals surface area contributed by atoms with Crippen molar-refractivity contribution in [2.45, 2.75) is 25.9 Å². The van der Waals surface area contributed by atoms with Gasteiger partial charge in [-0.05, 0) is 32.0 Å². The number of benzene rings is 1. The van der Waals surface area contributed by atoms with Gasteiger partial charge < -0.3 is 15.4 Å². The summed E-state index contributed by atoms with van der Waals surface area (Å²) in [6.45, 7) is 5.94. The Labute approximate surface area is 123 Å². The number of ether oxygens (including phenoxy) is 1. The van der Waals surface area contributed by atoms with Gasteiger partial charge in [-0.3, -0.25) is 9.48 Å². The van der Waals surface area contributed by atoms with Gasteiger partial charge in [0.2, 0.25) is 5.91 Å². The average Bonchev–Trinajstić information content (AvgIpc) is 2.91. The van der Waals surface area contributed by atoms with E-state index >= 15 is 0 Å². The number of amides is 1. The zero-order valence-electron chi connectivity index (χ0n) is 12.3. The minimum atomic E-state index is -0.288. The predicted molar refractivity (Wildman–Crippen MR) is 81.4 cm³/mol. The third-order valence-corrected chi connectivity index (χ3v) is 3.59. The summed E-state index contributed by atoms with van der Waals surface area (Å²) in [6, 6.07) is 5.83. The standard InChI is InChI=1S/C15H20N4O2/c1-10(2)19-14-7-12(4-3-11(14)8-17-19)18-15(20)13-9-21-6-5-16-13/h3-4,7-8,10,13,16H,5-6,9H2,1-2H3,(H,18,20). The lowest BCUT2D eigenvalue weighted by atomic mass is 10.2. The Morgan fingerprint density at radius 3 is 3.10 bits per heavy atom. The number of nitrogens with zero attached hydrogens (tertiary/aromatic N) is 2. The fourth-order valence-corrected chi connectivity index (χ4v) is 2.49. The number of hydrogen-bond acceptors (Lipinski definition) is 4. The molecule has 0 radical (unpaired) electrons. The van der Waals surface area contributed by atoms with E-state index in [1.807, 2.05) is 29.1 Å². The van der Waals surface area contributed by atoms with E-state index in [4.69, 9.17) is 4.74 Å². The van der Waals surface area contributed by atoms with Crippen molar-refractivity contribution >= 4 is 22.5 Å². The van der Waals surface area contributed by atoms with E-state index in [9.17, 15) is 4.79 Å². The summed E-state index contributed by atoms with van der Waals surface area (Å²) in [6.07, 6.45) is 1.84. The molecule has 1 aromatic heterocycles. The molecule has 1 atom stereocenters. The first-order valence-corrected chi connectivity index (χ1v) is 7.24. The van der Waals surface area contributed by atoms with Crippen LogP contribution in [0.5, 0.6) is 0 Å². The van der Waals surface area contributed by atoms with Crippen LogP contribution in [0.4, 0.5) is 5.69 Å². The number of anilines is 1. The normalized spacial score (nSPS) is 19.1. The summed E-state index contributed by atoms with van der Waals surface area (Å²) in [5.41, 5.74) is 1.80. The molecule has 1 unspecified atom stereocenters. The Balaban J connectivity index is 1.80. The highest BCUT2D eigenvalue weighted by Crippen LogP contribution is 2.21. The lowest BCUT2D eigenvalue weighted by Crippen LogP contribution is -2.48. The highest BCUT2D eigenvalue weighted by molar-refractivity contribution is 5.96. The number of rotatable bonds is 3. The SMILES string of the molecule is CC(C)n1ncc2ccc(NC(=O)C3COCCN3)cc21. The van der Waals surface area contributed by atoms with Crippen molar-refractivity contribution in [1.82, 2.24) is 15.1 Å². The highest BCUT2D eigenvalue weighted by Gasteiger charge is 2.21. The second kappa shape index (κ2) is 5.83. The molecule has 1 amide bonds. The van der Waals surface area contributed by atoms with Gasteiger partial charge >= 0.3 is 0 Å². The molecule has 6 nitrogen and oxygen atoms in total. The Morgan fingerprint density at radius 2 is 2.38 bits per heavy atom. The number of carbonyl (C=O) groups is 1. The average molecular weight is 288 g/mol. The molecule has 1 aromatic carbocycles. The largest absolute Gasteiger partial charge is 0.378 e. The van der Waals surface area contributed by atoms with Crippen LogP contribution in [0, 0.1) is 0 Å². The molecule has 112 valence electrons. The molecular weight excluding hydrogens is 268 g/mol. The molecule has 2 N–H and O–H groups in total. The van der Waals surface area contributed by atoms with Crippen molar-refractivity contribution in [2.75, 3.05) is 25.1 Å². The minimum absolute atomic E-state index is 0.0651. The summed E-state index contributed by atoms with van der Waals surface area (Å²) in [5.74, 6) is -0.0651. The van der Waals surface area contributed by atoms with Gasteiger partial charge in [0.05, 0.1) is 24.9 Å². The summed E-state index contributed by atoms with van der Waals surface area (Å²) in [7, 11) is 0. The predicted octanol–water partition coefficient (Wildman–Crippen LogP) is 1.54. The van der Waals surface area contributed by atoms with E-state index < -0.39 is 0 Å². The van der Waals surface area contributed by atoms with Crippen LogP contribution >= 0.6 is 0 Å². The van der Waals surface area contributed by atoms with Crippen molar-refractivity contribution in [2.24, 2.45) is 0 Å². The highest BCUT2D eigenvalue weighted by atomic mass is 16.5. The molecule has 0 saturated carbocycles. The first kappa shape index (κ1) is 14.0. The summed E-state index contributed by atoms with van der Waals surface area (Å²) >= 11 is 0. The first-order chi connectivity index (χ1) is 10.1. The van der Waals surface area contributed by atoms with E-state index in [0.717, 1.165) is 16.6 Å². The molecule has 21 heavy (non-hydrogen) atoms. The quantitative estimate of drug-likeness (QED) is 0.899. The molecule has 3 rings (SSSR count). The van der Waals surface area contributed by atoms with Gasteiger partial charge in [0.25, 0.3) is 0 Å². The van der Waals surface area contributed by atoms with Crippen LogP contribution in [-0.2, 0) is 9.53 Å². The van der Waals surface area contributed by atoms with Gasteiger partial charge in [-0.15, -0.1) is 0 Å². The van der Waals surface area contributed by atoms with E-state index in [2.05, 4.69) is 29.6 Å². The van der Waals surface area contributed by atoms with Gasteiger partial charge in [0.15, 0.2) is 0 Å². The van der Waals surface area contributed by atoms with E-state index in [0.29, 0.717) is 19.8 Å². The van der Waals surface area contributed by atoms with Gasteiger partial charge in [0, 0.05) is 23.7 Å². The molecule has 2 aromatic rings. The molecule has 0 spiro atoms. The first-order valence-electron chi connectivity index (χ1n) is 7.24. The van der Waals surface area contributed by atoms with Crippen LogP contribution in [0.3, 0.4) is 0 Å². The Hall–Kier alpha value is -1.92. The Morgan fingerprint density at radius 1 is 1.52 bits per heavy atom. The van der Waals surface area contributed by atoms with Crippen molar-refractivity contribution in [1.29, 1.82) is 0 Å². The summed E-state index contributed by atoms with van der Waals surface area (Å²) in [5, 5.41) is 11.5. The van der Waals surface area contributed by atoms with E-state index in [-0.39, 0.29) is 18.0 Å². The number of morpholine rings is 1. The molecule has 1 fully saturated rings. The number of nitrogens with one attached hydrogen (secondary N) is 2. The van der Waals surface area contributed by atoms with Crippen molar-refractivity contribution in [3.05, 3.63) is 24.4 Å². The van der Waals surface area contributed by atoms with Crippen molar-refractivity contribution in [3.8, 4) is 0 Å². The van der Waals surface area contributed by atoms with Gasteiger partial charge in [-0.2, -0.15) is 5.10 Å². The maximum absolute atomic E-state index is 12.2. The lowest BCUT2D eigenvalue weighted by Gasteiger charge is -2.22. The zero-order chi connectivity index (χ0) is 14.8. The summed E-state index contributed by atoms with van der Waals surface area (Å²) in [4.78, 5) is 12.2. The monoisotopic (exact) mass is 288 g/mol. The van der Waals surface area contributed by atoms with Gasteiger partial charge in [0.1, 0.15) is 6.04 Å². The molecule has 1 saturated heterocycles. The van der Waals surface area contributed by atoms with Crippen LogP contribution in [0.1, 0.15) is 19.9 Å². The molecule has 0 aliphatic carbocycles. The smallest absolute Gasteiger partial charge is 0.243 e. The van der Waals surface area contributed by atoms with Crippen LogP contribution in [-0.4, -0.2) is 41.5 Å². The van der Waals surface area contributed by atoms with Crippen molar-refractivity contribution in [3.63, 3.8) is 0 Å². The molecular formula is C15H20N4O2. The molecule has 6 heteroatoms. The maximum Gasteiger partial charge on any atom is 0.243 e. The molecule has 1 aliphatic rings. The number of fused-ring (bicyclic) bond motifs is 1. The Kier molecular flexibility index (Phi) is 3.90. The lowest BCUT2D eigenvalue weighted by molar-refractivity contribution is -0.120. The molecule has 1 aliphatic heterocycles. The van der Waals surface area contributed by atoms with E-state index in [1.54, 1.807) is 0 Å².